The molecule has 1 unspecified atom stereocenters. The summed E-state index contributed by atoms with van der Waals surface area (Å²) in [5.41, 5.74) is 0. The highest BCUT2D eigenvalue weighted by molar-refractivity contribution is 7.87. The molecule has 2 N–H and O–H groups in total. The predicted octanol–water partition coefficient (Wildman–Crippen LogP) is 0.0181. The van der Waals surface area contributed by atoms with Gasteiger partial charge in [0.25, 0.3) is 10.2 Å². The van der Waals surface area contributed by atoms with Crippen LogP contribution in [-0.4, -0.2) is 45.4 Å². The van der Waals surface area contributed by atoms with E-state index in [1.807, 2.05) is 0 Å². The average molecular weight is 249 g/mol. The van der Waals surface area contributed by atoms with Crippen molar-refractivity contribution in [3.63, 3.8) is 0 Å². The zero-order chi connectivity index (χ0) is 12.2. The lowest BCUT2D eigenvalue weighted by molar-refractivity contribution is 0.347. The molecule has 0 radical (unpaired) electrons. The van der Waals surface area contributed by atoms with Crippen LogP contribution in [0.3, 0.4) is 0 Å². The van der Waals surface area contributed by atoms with E-state index in [-0.39, 0.29) is 0 Å². The molecule has 0 bridgehead atoms. The second-order valence-electron chi connectivity index (χ2n) is 4.72. The van der Waals surface area contributed by atoms with Gasteiger partial charge in [-0.2, -0.15) is 12.7 Å². The van der Waals surface area contributed by atoms with Gasteiger partial charge in [0, 0.05) is 32.7 Å². The Balaban J connectivity index is 2.44. The van der Waals surface area contributed by atoms with Crippen LogP contribution in [0.25, 0.3) is 0 Å². The molecule has 0 aliphatic carbocycles. The minimum absolute atomic E-state index is 0.359. The molecule has 0 amide bonds. The zero-order valence-corrected chi connectivity index (χ0v) is 11.2. The van der Waals surface area contributed by atoms with Crippen LogP contribution in [0.15, 0.2) is 0 Å². The lowest BCUT2D eigenvalue weighted by Crippen LogP contribution is -2.51. The first-order valence-electron chi connectivity index (χ1n) is 5.89. The summed E-state index contributed by atoms with van der Waals surface area (Å²) in [5.74, 6) is 0.850. The van der Waals surface area contributed by atoms with Gasteiger partial charge in [-0.15, -0.1) is 0 Å². The van der Waals surface area contributed by atoms with E-state index in [0.29, 0.717) is 31.5 Å². The largest absolute Gasteiger partial charge is 0.314 e. The molecular weight excluding hydrogens is 226 g/mol. The van der Waals surface area contributed by atoms with Crippen molar-refractivity contribution >= 4 is 10.2 Å². The number of rotatable bonds is 5. The lowest BCUT2D eigenvalue weighted by Gasteiger charge is -2.27. The van der Waals surface area contributed by atoms with E-state index in [1.54, 1.807) is 0 Å². The molecule has 1 aliphatic rings. The Kier molecular flexibility index (Phi) is 5.17. The van der Waals surface area contributed by atoms with E-state index < -0.39 is 10.2 Å². The van der Waals surface area contributed by atoms with E-state index in [2.05, 4.69) is 30.8 Å². The molecule has 1 rings (SSSR count). The summed E-state index contributed by atoms with van der Waals surface area (Å²) < 4.78 is 28.0. The van der Waals surface area contributed by atoms with Crippen molar-refractivity contribution in [3.8, 4) is 0 Å². The third kappa shape index (κ3) is 4.01. The van der Waals surface area contributed by atoms with Crippen molar-refractivity contribution < 1.29 is 8.42 Å². The fourth-order valence-corrected chi connectivity index (χ4v) is 2.77. The SMILES string of the molecule is CC(C)C(C)CNS(=O)(=O)N1CCNCC1. The minimum Gasteiger partial charge on any atom is -0.314 e. The van der Waals surface area contributed by atoms with Gasteiger partial charge in [-0.3, -0.25) is 0 Å². The summed E-state index contributed by atoms with van der Waals surface area (Å²) in [7, 11) is -3.27. The molecule has 1 heterocycles. The highest BCUT2D eigenvalue weighted by Crippen LogP contribution is 2.09. The molecule has 96 valence electrons. The van der Waals surface area contributed by atoms with Gasteiger partial charge < -0.3 is 5.32 Å². The topological polar surface area (TPSA) is 61.4 Å². The van der Waals surface area contributed by atoms with Crippen LogP contribution in [-0.2, 0) is 10.2 Å². The maximum atomic E-state index is 11.9. The van der Waals surface area contributed by atoms with Crippen LogP contribution < -0.4 is 10.0 Å². The number of nitrogens with one attached hydrogen (secondary N) is 2. The highest BCUT2D eigenvalue weighted by Gasteiger charge is 2.23. The van der Waals surface area contributed by atoms with Gasteiger partial charge in [-0.25, -0.2) is 4.72 Å². The van der Waals surface area contributed by atoms with Crippen LogP contribution >= 0.6 is 0 Å². The third-order valence-electron chi connectivity index (χ3n) is 3.14. The normalized spacial score (nSPS) is 21.2. The van der Waals surface area contributed by atoms with Crippen LogP contribution in [0, 0.1) is 11.8 Å². The number of hydrogen-bond donors (Lipinski definition) is 2. The fourth-order valence-electron chi connectivity index (χ4n) is 1.45. The molecule has 1 saturated heterocycles. The maximum Gasteiger partial charge on any atom is 0.279 e. The monoisotopic (exact) mass is 249 g/mol. The fraction of sp³-hybridized carbons (Fsp3) is 1.00. The van der Waals surface area contributed by atoms with Gasteiger partial charge in [0.05, 0.1) is 0 Å². The molecule has 1 fully saturated rings. The Morgan fingerprint density at radius 1 is 1.25 bits per heavy atom. The smallest absolute Gasteiger partial charge is 0.279 e. The summed E-state index contributed by atoms with van der Waals surface area (Å²) in [6.45, 7) is 9.38. The van der Waals surface area contributed by atoms with Crippen molar-refractivity contribution in [2.45, 2.75) is 20.8 Å². The number of hydrogen-bond acceptors (Lipinski definition) is 3. The molecule has 1 atom stereocenters. The Labute approximate surface area is 98.8 Å². The molecule has 5 nitrogen and oxygen atoms in total. The second-order valence-corrected chi connectivity index (χ2v) is 6.48. The standard InChI is InChI=1S/C10H23N3O2S/c1-9(2)10(3)8-12-16(14,15)13-6-4-11-5-7-13/h9-12H,4-8H2,1-3H3. The molecule has 1 aliphatic heterocycles. The first kappa shape index (κ1) is 13.9. The first-order chi connectivity index (χ1) is 7.43. The van der Waals surface area contributed by atoms with Gasteiger partial charge in [0.15, 0.2) is 0 Å². The van der Waals surface area contributed by atoms with Crippen LogP contribution in [0.5, 0.6) is 0 Å². The molecule has 0 aromatic carbocycles. The molecule has 0 aromatic rings. The maximum absolute atomic E-state index is 11.9. The Morgan fingerprint density at radius 3 is 2.31 bits per heavy atom. The van der Waals surface area contributed by atoms with Crippen LogP contribution in [0.4, 0.5) is 0 Å². The van der Waals surface area contributed by atoms with Gasteiger partial charge >= 0.3 is 0 Å². The summed E-state index contributed by atoms with van der Waals surface area (Å²) in [6.07, 6.45) is 0. The summed E-state index contributed by atoms with van der Waals surface area (Å²) >= 11 is 0. The second kappa shape index (κ2) is 5.95. The molecule has 0 spiro atoms. The summed E-state index contributed by atoms with van der Waals surface area (Å²) in [4.78, 5) is 0. The Morgan fingerprint density at radius 2 is 1.81 bits per heavy atom. The van der Waals surface area contributed by atoms with E-state index >= 15 is 0 Å². The Hall–Kier alpha value is -0.170. The minimum atomic E-state index is -3.27. The highest BCUT2D eigenvalue weighted by atomic mass is 32.2. The molecule has 16 heavy (non-hydrogen) atoms. The van der Waals surface area contributed by atoms with E-state index in [4.69, 9.17) is 0 Å². The van der Waals surface area contributed by atoms with E-state index in [0.717, 1.165) is 13.1 Å². The third-order valence-corrected chi connectivity index (χ3v) is 4.72. The van der Waals surface area contributed by atoms with Crippen molar-refractivity contribution in [3.05, 3.63) is 0 Å². The van der Waals surface area contributed by atoms with Crippen LogP contribution in [0.1, 0.15) is 20.8 Å². The van der Waals surface area contributed by atoms with E-state index in [1.165, 1.54) is 4.31 Å². The van der Waals surface area contributed by atoms with Crippen molar-refractivity contribution in [2.24, 2.45) is 11.8 Å². The Bertz CT molecular complexity index is 297. The van der Waals surface area contributed by atoms with Gasteiger partial charge in [0.1, 0.15) is 0 Å². The molecule has 6 heteroatoms. The van der Waals surface area contributed by atoms with Gasteiger partial charge in [-0.1, -0.05) is 20.8 Å². The molecule has 0 saturated carbocycles. The predicted molar refractivity (Wildman–Crippen MR) is 65.4 cm³/mol. The molecule has 0 aromatic heterocycles. The quantitative estimate of drug-likeness (QED) is 0.722. The van der Waals surface area contributed by atoms with Crippen LogP contribution in [0.2, 0.25) is 0 Å². The van der Waals surface area contributed by atoms with E-state index in [9.17, 15) is 8.42 Å². The zero-order valence-electron chi connectivity index (χ0n) is 10.4. The van der Waals surface area contributed by atoms with Crippen molar-refractivity contribution in [1.29, 1.82) is 0 Å². The number of piperazine rings is 1. The van der Waals surface area contributed by atoms with Gasteiger partial charge in [0.2, 0.25) is 0 Å². The van der Waals surface area contributed by atoms with Crippen molar-refractivity contribution in [2.75, 3.05) is 32.7 Å². The number of nitrogens with zero attached hydrogens (tertiary/aromatic N) is 1. The summed E-state index contributed by atoms with van der Waals surface area (Å²) in [6, 6.07) is 0. The van der Waals surface area contributed by atoms with Crippen molar-refractivity contribution in [1.82, 2.24) is 14.3 Å². The summed E-state index contributed by atoms with van der Waals surface area (Å²) in [5, 5.41) is 3.14. The van der Waals surface area contributed by atoms with Gasteiger partial charge in [-0.05, 0) is 11.8 Å². The lowest BCUT2D eigenvalue weighted by atomic mass is 9.99. The first-order valence-corrected chi connectivity index (χ1v) is 7.33. The molecular formula is C10H23N3O2S. The average Bonchev–Trinajstić information content (AvgIpc) is 2.27.